The minimum Gasteiger partial charge on any atom is -0.494 e. The summed E-state index contributed by atoms with van der Waals surface area (Å²) in [5.74, 6) is 2.31. The lowest BCUT2D eigenvalue weighted by atomic mass is 9.95. The van der Waals surface area contributed by atoms with Gasteiger partial charge in [-0.2, -0.15) is 0 Å². The third kappa shape index (κ3) is 8.19. The Morgan fingerprint density at radius 3 is 2.25 bits per heavy atom. The highest BCUT2D eigenvalue weighted by atomic mass is 16.5. The first-order valence-corrected chi connectivity index (χ1v) is 9.74. The van der Waals surface area contributed by atoms with Crippen molar-refractivity contribution in [2.75, 3.05) is 13.2 Å². The van der Waals surface area contributed by atoms with Gasteiger partial charge in [-0.1, -0.05) is 45.7 Å². The molecule has 0 saturated carbocycles. The van der Waals surface area contributed by atoms with Gasteiger partial charge in [0.25, 0.3) is 0 Å². The van der Waals surface area contributed by atoms with Crippen LogP contribution in [0, 0.1) is 5.92 Å². The molecule has 24 heavy (non-hydrogen) atoms. The standard InChI is InChI=1S/C22H38O2/c1-7-19(4)20-11-13-21(14-12-20)23-17-15-18(3)10-9-16-22(5,6)24-8-2/h11-14,18-19H,7-10,15-17H2,1-6H3. The molecule has 0 N–H and O–H groups in total. The molecule has 2 atom stereocenters. The quantitative estimate of drug-likeness (QED) is 0.429. The van der Waals surface area contributed by atoms with Gasteiger partial charge in [-0.3, -0.25) is 0 Å². The number of rotatable bonds is 12. The van der Waals surface area contributed by atoms with Gasteiger partial charge in [0.15, 0.2) is 0 Å². The van der Waals surface area contributed by atoms with E-state index in [9.17, 15) is 0 Å². The molecule has 0 amide bonds. The van der Waals surface area contributed by atoms with E-state index in [0.29, 0.717) is 11.8 Å². The van der Waals surface area contributed by atoms with Crippen LogP contribution in [0.5, 0.6) is 5.75 Å². The van der Waals surface area contributed by atoms with E-state index in [1.54, 1.807) is 0 Å². The average Bonchev–Trinajstić information content (AvgIpc) is 2.54. The molecule has 0 radical (unpaired) electrons. The van der Waals surface area contributed by atoms with Gasteiger partial charge in [-0.25, -0.2) is 0 Å². The van der Waals surface area contributed by atoms with Crippen molar-refractivity contribution in [2.24, 2.45) is 5.92 Å². The van der Waals surface area contributed by atoms with Crippen LogP contribution in [0.15, 0.2) is 24.3 Å². The zero-order valence-corrected chi connectivity index (χ0v) is 16.7. The fraction of sp³-hybridized carbons (Fsp3) is 0.727. The normalized spacial score (nSPS) is 14.4. The van der Waals surface area contributed by atoms with Crippen molar-refractivity contribution in [3.8, 4) is 5.75 Å². The number of benzene rings is 1. The molecular formula is C22H38O2. The highest BCUT2D eigenvalue weighted by Gasteiger charge is 2.17. The van der Waals surface area contributed by atoms with Gasteiger partial charge >= 0.3 is 0 Å². The number of hydrogen-bond acceptors (Lipinski definition) is 2. The summed E-state index contributed by atoms with van der Waals surface area (Å²) < 4.78 is 11.7. The Morgan fingerprint density at radius 2 is 1.67 bits per heavy atom. The zero-order chi connectivity index (χ0) is 18.0. The Bertz CT molecular complexity index is 436. The van der Waals surface area contributed by atoms with Crippen LogP contribution in [-0.2, 0) is 4.74 Å². The van der Waals surface area contributed by atoms with E-state index in [1.807, 2.05) is 0 Å². The molecule has 138 valence electrons. The number of ether oxygens (including phenoxy) is 2. The third-order valence-corrected chi connectivity index (χ3v) is 4.95. The molecule has 0 aliphatic rings. The predicted molar refractivity (Wildman–Crippen MR) is 104 cm³/mol. The molecule has 1 aromatic rings. The van der Waals surface area contributed by atoms with E-state index in [2.05, 4.69) is 65.8 Å². The summed E-state index contributed by atoms with van der Waals surface area (Å²) in [4.78, 5) is 0. The van der Waals surface area contributed by atoms with Gasteiger partial charge in [0.1, 0.15) is 5.75 Å². The van der Waals surface area contributed by atoms with Crippen molar-refractivity contribution < 1.29 is 9.47 Å². The van der Waals surface area contributed by atoms with Crippen LogP contribution in [-0.4, -0.2) is 18.8 Å². The molecule has 0 spiro atoms. The van der Waals surface area contributed by atoms with E-state index in [0.717, 1.165) is 31.8 Å². The van der Waals surface area contributed by atoms with Gasteiger partial charge in [0, 0.05) is 6.61 Å². The summed E-state index contributed by atoms with van der Waals surface area (Å²) >= 11 is 0. The molecule has 0 aliphatic heterocycles. The monoisotopic (exact) mass is 334 g/mol. The van der Waals surface area contributed by atoms with Gasteiger partial charge < -0.3 is 9.47 Å². The van der Waals surface area contributed by atoms with Crippen LogP contribution in [0.25, 0.3) is 0 Å². The van der Waals surface area contributed by atoms with Gasteiger partial charge in [0.2, 0.25) is 0 Å². The fourth-order valence-corrected chi connectivity index (χ4v) is 2.99. The van der Waals surface area contributed by atoms with E-state index in [1.165, 1.54) is 24.8 Å². The second-order valence-corrected chi connectivity index (χ2v) is 7.71. The third-order valence-electron chi connectivity index (χ3n) is 4.95. The summed E-state index contributed by atoms with van der Waals surface area (Å²) in [6.45, 7) is 14.9. The molecule has 0 heterocycles. The summed E-state index contributed by atoms with van der Waals surface area (Å²) in [5, 5.41) is 0. The maximum Gasteiger partial charge on any atom is 0.119 e. The summed E-state index contributed by atoms with van der Waals surface area (Å²) in [7, 11) is 0. The van der Waals surface area contributed by atoms with E-state index in [4.69, 9.17) is 9.47 Å². The predicted octanol–water partition coefficient (Wildman–Crippen LogP) is 6.59. The minimum atomic E-state index is 0.0162. The highest BCUT2D eigenvalue weighted by molar-refractivity contribution is 5.29. The first kappa shape index (κ1) is 21.0. The first-order valence-electron chi connectivity index (χ1n) is 9.74. The lowest BCUT2D eigenvalue weighted by Crippen LogP contribution is -2.24. The molecule has 2 nitrogen and oxygen atoms in total. The molecule has 0 saturated heterocycles. The van der Waals surface area contributed by atoms with Crippen molar-refractivity contribution in [3.05, 3.63) is 29.8 Å². The smallest absolute Gasteiger partial charge is 0.119 e. The number of hydrogen-bond donors (Lipinski definition) is 0. The molecule has 0 aliphatic carbocycles. The van der Waals surface area contributed by atoms with E-state index >= 15 is 0 Å². The Morgan fingerprint density at radius 1 is 1.00 bits per heavy atom. The second-order valence-electron chi connectivity index (χ2n) is 7.71. The Kier molecular flexibility index (Phi) is 9.43. The molecule has 0 bridgehead atoms. The van der Waals surface area contributed by atoms with Crippen LogP contribution in [0.2, 0.25) is 0 Å². The highest BCUT2D eigenvalue weighted by Crippen LogP contribution is 2.23. The summed E-state index contributed by atoms with van der Waals surface area (Å²) in [6.07, 6.45) is 5.88. The Balaban J connectivity index is 2.22. The van der Waals surface area contributed by atoms with Crippen LogP contribution in [0.3, 0.4) is 0 Å². The zero-order valence-electron chi connectivity index (χ0n) is 16.7. The van der Waals surface area contributed by atoms with Crippen molar-refractivity contribution in [2.45, 2.75) is 85.2 Å². The minimum absolute atomic E-state index is 0.0162. The van der Waals surface area contributed by atoms with Crippen molar-refractivity contribution >= 4 is 0 Å². The van der Waals surface area contributed by atoms with Crippen LogP contribution in [0.1, 0.15) is 85.1 Å². The van der Waals surface area contributed by atoms with Gasteiger partial charge in [-0.05, 0) is 69.6 Å². The summed E-state index contributed by atoms with van der Waals surface area (Å²) in [5.41, 5.74) is 1.41. The molecule has 1 rings (SSSR count). The molecule has 1 aromatic carbocycles. The fourth-order valence-electron chi connectivity index (χ4n) is 2.99. The van der Waals surface area contributed by atoms with Crippen LogP contribution in [0.4, 0.5) is 0 Å². The molecule has 2 heteroatoms. The Labute approximate surface area is 149 Å². The maximum absolute atomic E-state index is 5.91. The second kappa shape index (κ2) is 10.8. The van der Waals surface area contributed by atoms with Crippen LogP contribution >= 0.6 is 0 Å². The lowest BCUT2D eigenvalue weighted by molar-refractivity contribution is -0.0183. The van der Waals surface area contributed by atoms with Crippen LogP contribution < -0.4 is 4.74 Å². The topological polar surface area (TPSA) is 18.5 Å². The largest absolute Gasteiger partial charge is 0.494 e. The molecule has 0 aromatic heterocycles. The average molecular weight is 335 g/mol. The van der Waals surface area contributed by atoms with Gasteiger partial charge in [-0.15, -0.1) is 0 Å². The molecule has 2 unspecified atom stereocenters. The lowest BCUT2D eigenvalue weighted by Gasteiger charge is -2.25. The molecule has 0 fully saturated rings. The maximum atomic E-state index is 5.91. The first-order chi connectivity index (χ1) is 11.4. The van der Waals surface area contributed by atoms with E-state index in [-0.39, 0.29) is 5.60 Å². The van der Waals surface area contributed by atoms with E-state index < -0.39 is 0 Å². The SMILES string of the molecule is CCOC(C)(C)CCCC(C)CCOc1ccc(C(C)CC)cc1. The molecular weight excluding hydrogens is 296 g/mol. The summed E-state index contributed by atoms with van der Waals surface area (Å²) in [6, 6.07) is 8.61. The van der Waals surface area contributed by atoms with Crippen molar-refractivity contribution in [1.29, 1.82) is 0 Å². The van der Waals surface area contributed by atoms with Gasteiger partial charge in [0.05, 0.1) is 12.2 Å². The van der Waals surface area contributed by atoms with Crippen molar-refractivity contribution in [1.82, 2.24) is 0 Å². The Hall–Kier alpha value is -1.02. The van der Waals surface area contributed by atoms with Crippen molar-refractivity contribution in [3.63, 3.8) is 0 Å².